The molecule has 0 saturated heterocycles. The molecule has 3 heterocycles. The van der Waals surface area contributed by atoms with Gasteiger partial charge in [-0.2, -0.15) is 4.37 Å². The second-order valence-corrected chi connectivity index (χ2v) is 7.61. The SMILES string of the molecule is Cc1ccc(NC(=O)Cn2c(C)nc3c(-c4ccccn4)nsc3c2=O)c(C)c1. The first kappa shape index (κ1) is 18.9. The average Bonchev–Trinajstić information content (AvgIpc) is 3.12. The van der Waals surface area contributed by atoms with E-state index in [0.717, 1.165) is 28.3 Å². The van der Waals surface area contributed by atoms with E-state index in [1.54, 1.807) is 13.1 Å². The first-order valence-electron chi connectivity index (χ1n) is 9.09. The normalized spacial score (nSPS) is 11.0. The number of benzene rings is 1. The quantitative estimate of drug-likeness (QED) is 0.561. The summed E-state index contributed by atoms with van der Waals surface area (Å²) in [7, 11) is 0. The maximum atomic E-state index is 13.0. The molecule has 0 saturated carbocycles. The van der Waals surface area contributed by atoms with Crippen molar-refractivity contribution in [1.82, 2.24) is 18.9 Å². The molecule has 3 aromatic heterocycles. The predicted octanol–water partition coefficient (Wildman–Crippen LogP) is 3.48. The van der Waals surface area contributed by atoms with E-state index in [4.69, 9.17) is 0 Å². The summed E-state index contributed by atoms with van der Waals surface area (Å²) in [6.45, 7) is 5.53. The Kier molecular flexibility index (Phi) is 4.94. The maximum Gasteiger partial charge on any atom is 0.273 e. The number of hydrogen-bond acceptors (Lipinski definition) is 6. The number of nitrogens with zero attached hydrogens (tertiary/aromatic N) is 4. The highest BCUT2D eigenvalue weighted by Gasteiger charge is 2.18. The molecule has 0 spiro atoms. The highest BCUT2D eigenvalue weighted by molar-refractivity contribution is 7.13. The van der Waals surface area contributed by atoms with Crippen molar-refractivity contribution in [2.24, 2.45) is 0 Å². The van der Waals surface area contributed by atoms with Crippen molar-refractivity contribution < 1.29 is 4.79 Å². The standard InChI is InChI=1S/C21H19N5O2S/c1-12-7-8-15(13(2)10-12)24-17(27)11-26-14(3)23-19-18(16-6-4-5-9-22-16)25-29-20(19)21(26)28/h4-10H,11H2,1-3H3,(H,24,27). The number of pyridine rings is 1. The topological polar surface area (TPSA) is 89.8 Å². The van der Waals surface area contributed by atoms with Gasteiger partial charge in [0.2, 0.25) is 5.91 Å². The van der Waals surface area contributed by atoms with Crippen molar-refractivity contribution in [1.29, 1.82) is 0 Å². The van der Waals surface area contributed by atoms with E-state index < -0.39 is 0 Å². The number of aryl methyl sites for hydroxylation is 3. The van der Waals surface area contributed by atoms with Crippen molar-refractivity contribution in [2.45, 2.75) is 27.3 Å². The molecule has 146 valence electrons. The van der Waals surface area contributed by atoms with Gasteiger partial charge in [0.05, 0.1) is 5.69 Å². The molecule has 0 atom stereocenters. The molecule has 0 aliphatic carbocycles. The van der Waals surface area contributed by atoms with Gasteiger partial charge in [0.1, 0.15) is 28.3 Å². The first-order chi connectivity index (χ1) is 13.9. The van der Waals surface area contributed by atoms with Crippen LogP contribution in [0.2, 0.25) is 0 Å². The van der Waals surface area contributed by atoms with Gasteiger partial charge in [-0.05, 0) is 56.1 Å². The zero-order chi connectivity index (χ0) is 20.5. The summed E-state index contributed by atoms with van der Waals surface area (Å²) in [5.41, 5.74) is 4.31. The number of fused-ring (bicyclic) bond motifs is 1. The van der Waals surface area contributed by atoms with Gasteiger partial charge in [-0.1, -0.05) is 23.8 Å². The molecule has 1 N–H and O–H groups in total. The molecular weight excluding hydrogens is 386 g/mol. The number of hydrogen-bond donors (Lipinski definition) is 1. The Labute approximate surface area is 171 Å². The minimum Gasteiger partial charge on any atom is -0.324 e. The Bertz CT molecular complexity index is 1280. The minimum atomic E-state index is -0.280. The van der Waals surface area contributed by atoms with E-state index in [-0.39, 0.29) is 18.0 Å². The van der Waals surface area contributed by atoms with Crippen LogP contribution in [0.3, 0.4) is 0 Å². The molecular formula is C21H19N5O2S. The number of carbonyl (C=O) groups is 1. The van der Waals surface area contributed by atoms with Crippen LogP contribution in [0, 0.1) is 20.8 Å². The lowest BCUT2D eigenvalue weighted by atomic mass is 10.1. The molecule has 1 aromatic carbocycles. The summed E-state index contributed by atoms with van der Waals surface area (Å²) in [5, 5.41) is 2.87. The van der Waals surface area contributed by atoms with Crippen molar-refractivity contribution in [2.75, 3.05) is 5.32 Å². The Morgan fingerprint density at radius 1 is 1.17 bits per heavy atom. The summed E-state index contributed by atoms with van der Waals surface area (Å²) in [6, 6.07) is 11.3. The maximum absolute atomic E-state index is 13.0. The average molecular weight is 405 g/mol. The third-order valence-corrected chi connectivity index (χ3v) is 5.46. The van der Waals surface area contributed by atoms with Gasteiger partial charge in [0, 0.05) is 11.9 Å². The van der Waals surface area contributed by atoms with E-state index in [1.807, 2.05) is 50.2 Å². The van der Waals surface area contributed by atoms with Crippen LogP contribution < -0.4 is 10.9 Å². The Morgan fingerprint density at radius 2 is 2.00 bits per heavy atom. The lowest BCUT2D eigenvalue weighted by molar-refractivity contribution is -0.116. The van der Waals surface area contributed by atoms with Crippen molar-refractivity contribution in [3.8, 4) is 11.4 Å². The van der Waals surface area contributed by atoms with E-state index in [2.05, 4.69) is 19.7 Å². The summed E-state index contributed by atoms with van der Waals surface area (Å²) in [4.78, 5) is 34.4. The monoisotopic (exact) mass is 405 g/mol. The van der Waals surface area contributed by atoms with Crippen LogP contribution in [0.5, 0.6) is 0 Å². The van der Waals surface area contributed by atoms with Crippen LogP contribution >= 0.6 is 11.5 Å². The summed E-state index contributed by atoms with van der Waals surface area (Å²) in [6.07, 6.45) is 1.67. The lowest BCUT2D eigenvalue weighted by Gasteiger charge is -2.12. The molecule has 0 aliphatic rings. The van der Waals surface area contributed by atoms with Crippen molar-refractivity contribution >= 4 is 33.3 Å². The number of rotatable bonds is 4. The second-order valence-electron chi connectivity index (χ2n) is 6.84. The summed E-state index contributed by atoms with van der Waals surface area (Å²) in [5.74, 6) is 0.174. The van der Waals surface area contributed by atoms with E-state index in [0.29, 0.717) is 27.4 Å². The van der Waals surface area contributed by atoms with Crippen LogP contribution in [0.25, 0.3) is 21.6 Å². The van der Waals surface area contributed by atoms with E-state index in [1.165, 1.54) is 4.57 Å². The largest absolute Gasteiger partial charge is 0.324 e. The summed E-state index contributed by atoms with van der Waals surface area (Å²) >= 11 is 1.08. The molecule has 8 heteroatoms. The number of anilines is 1. The zero-order valence-corrected chi connectivity index (χ0v) is 17.1. The van der Waals surface area contributed by atoms with Crippen molar-refractivity contribution in [3.63, 3.8) is 0 Å². The van der Waals surface area contributed by atoms with Crippen LogP contribution in [0.1, 0.15) is 17.0 Å². The summed E-state index contributed by atoms with van der Waals surface area (Å²) < 4.78 is 6.17. The fraction of sp³-hybridized carbons (Fsp3) is 0.190. The second kappa shape index (κ2) is 7.56. The molecule has 0 aliphatic heterocycles. The molecule has 1 amide bonds. The fourth-order valence-electron chi connectivity index (χ4n) is 3.17. The van der Waals surface area contributed by atoms with Gasteiger partial charge in [0.25, 0.3) is 5.56 Å². The molecule has 0 fully saturated rings. The molecule has 0 unspecified atom stereocenters. The number of carbonyl (C=O) groups excluding carboxylic acids is 1. The number of aromatic nitrogens is 4. The van der Waals surface area contributed by atoms with Crippen LogP contribution in [-0.4, -0.2) is 24.8 Å². The lowest BCUT2D eigenvalue weighted by Crippen LogP contribution is -2.30. The Hall–Kier alpha value is -3.39. The molecule has 0 bridgehead atoms. The number of amides is 1. The van der Waals surface area contributed by atoms with Gasteiger partial charge < -0.3 is 5.32 Å². The van der Waals surface area contributed by atoms with Gasteiger partial charge in [-0.3, -0.25) is 19.1 Å². The van der Waals surface area contributed by atoms with Crippen molar-refractivity contribution in [3.05, 3.63) is 69.9 Å². The Balaban J connectivity index is 1.66. The van der Waals surface area contributed by atoms with Gasteiger partial charge in [-0.25, -0.2) is 4.98 Å². The third-order valence-electron chi connectivity index (χ3n) is 4.64. The zero-order valence-electron chi connectivity index (χ0n) is 16.3. The fourth-order valence-corrected chi connectivity index (χ4v) is 3.94. The highest BCUT2D eigenvalue weighted by Crippen LogP contribution is 2.26. The molecule has 7 nitrogen and oxygen atoms in total. The van der Waals surface area contributed by atoms with Crippen LogP contribution in [-0.2, 0) is 11.3 Å². The molecule has 29 heavy (non-hydrogen) atoms. The first-order valence-corrected chi connectivity index (χ1v) is 9.86. The minimum absolute atomic E-state index is 0.113. The predicted molar refractivity (Wildman–Crippen MR) is 114 cm³/mol. The molecule has 4 rings (SSSR count). The van der Waals surface area contributed by atoms with E-state index in [9.17, 15) is 9.59 Å². The number of nitrogens with one attached hydrogen (secondary N) is 1. The molecule has 0 radical (unpaired) electrons. The van der Waals surface area contributed by atoms with Gasteiger partial charge >= 0.3 is 0 Å². The molecule has 4 aromatic rings. The highest BCUT2D eigenvalue weighted by atomic mass is 32.1. The third kappa shape index (κ3) is 3.66. The van der Waals surface area contributed by atoms with Gasteiger partial charge in [-0.15, -0.1) is 0 Å². The smallest absolute Gasteiger partial charge is 0.273 e. The Morgan fingerprint density at radius 3 is 2.72 bits per heavy atom. The van der Waals surface area contributed by atoms with E-state index >= 15 is 0 Å². The van der Waals surface area contributed by atoms with Gasteiger partial charge in [0.15, 0.2) is 0 Å². The van der Waals surface area contributed by atoms with Crippen LogP contribution in [0.4, 0.5) is 5.69 Å². The van der Waals surface area contributed by atoms with Crippen LogP contribution in [0.15, 0.2) is 47.4 Å².